The Morgan fingerprint density at radius 1 is 1.13 bits per heavy atom. The smallest absolute Gasteiger partial charge is 0.227 e. The first-order valence-electron chi connectivity index (χ1n) is 7.72. The molecule has 1 N–H and O–H groups in total. The number of benzene rings is 1. The Morgan fingerprint density at radius 3 is 2.30 bits per heavy atom. The van der Waals surface area contributed by atoms with Crippen LogP contribution in [0.1, 0.15) is 18.9 Å². The van der Waals surface area contributed by atoms with E-state index in [1.54, 1.807) is 4.90 Å². The van der Waals surface area contributed by atoms with E-state index in [1.165, 1.54) is 0 Å². The van der Waals surface area contributed by atoms with Crippen LogP contribution >= 0.6 is 0 Å². The normalized spacial score (nSPS) is 17.3. The van der Waals surface area contributed by atoms with Gasteiger partial charge in [0.05, 0.1) is 13.0 Å². The standard InChI is InChI=1S/C16H21F3N2O2/c1-2-12(10-22)20-3-5-21(6-4-20)16(23)8-11-7-14(18)15(19)9-13(11)17/h7,9,12,22H,2-6,8,10H2,1H3/t12-/m1/s1. The van der Waals surface area contributed by atoms with E-state index in [1.807, 2.05) is 6.92 Å². The molecule has 1 aromatic rings. The highest BCUT2D eigenvalue weighted by atomic mass is 19.2. The lowest BCUT2D eigenvalue weighted by atomic mass is 10.1. The number of hydrogen-bond donors (Lipinski definition) is 1. The van der Waals surface area contributed by atoms with E-state index in [-0.39, 0.29) is 30.5 Å². The van der Waals surface area contributed by atoms with E-state index in [2.05, 4.69) is 4.90 Å². The van der Waals surface area contributed by atoms with Crippen LogP contribution in [0, 0.1) is 17.5 Å². The Kier molecular flexibility index (Phi) is 6.01. The molecule has 2 rings (SSSR count). The molecule has 1 heterocycles. The van der Waals surface area contributed by atoms with Crippen molar-refractivity contribution in [2.45, 2.75) is 25.8 Å². The lowest BCUT2D eigenvalue weighted by molar-refractivity contribution is -0.132. The summed E-state index contributed by atoms with van der Waals surface area (Å²) in [5, 5.41) is 9.30. The summed E-state index contributed by atoms with van der Waals surface area (Å²) in [6.45, 7) is 4.27. The molecule has 0 unspecified atom stereocenters. The van der Waals surface area contributed by atoms with Crippen LogP contribution in [0.5, 0.6) is 0 Å². The average molecular weight is 330 g/mol. The second-order valence-corrected chi connectivity index (χ2v) is 5.70. The highest BCUT2D eigenvalue weighted by Gasteiger charge is 2.25. The van der Waals surface area contributed by atoms with Gasteiger partial charge in [0.1, 0.15) is 5.82 Å². The van der Waals surface area contributed by atoms with Crippen LogP contribution in [0.3, 0.4) is 0 Å². The lowest BCUT2D eigenvalue weighted by Gasteiger charge is -2.38. The van der Waals surface area contributed by atoms with Crippen molar-refractivity contribution in [3.8, 4) is 0 Å². The molecule has 1 atom stereocenters. The third-order valence-electron chi connectivity index (χ3n) is 4.30. The number of aliphatic hydroxyl groups is 1. The number of amides is 1. The molecule has 1 amide bonds. The summed E-state index contributed by atoms with van der Waals surface area (Å²) in [7, 11) is 0. The van der Waals surface area contributed by atoms with E-state index in [4.69, 9.17) is 0 Å². The SMILES string of the molecule is CC[C@H](CO)N1CCN(C(=O)Cc2cc(F)c(F)cc2F)CC1. The van der Waals surface area contributed by atoms with Gasteiger partial charge in [-0.2, -0.15) is 0 Å². The van der Waals surface area contributed by atoms with Crippen molar-refractivity contribution in [2.24, 2.45) is 0 Å². The molecule has 1 aliphatic rings. The zero-order valence-corrected chi connectivity index (χ0v) is 13.1. The molecule has 0 saturated carbocycles. The number of halogens is 3. The predicted octanol–water partition coefficient (Wildman–Crippen LogP) is 1.56. The van der Waals surface area contributed by atoms with Gasteiger partial charge >= 0.3 is 0 Å². The zero-order valence-electron chi connectivity index (χ0n) is 13.1. The molecule has 4 nitrogen and oxygen atoms in total. The molecule has 1 fully saturated rings. The first kappa shape index (κ1) is 17.7. The summed E-state index contributed by atoms with van der Waals surface area (Å²) >= 11 is 0. The molecule has 128 valence electrons. The van der Waals surface area contributed by atoms with Gasteiger partial charge in [-0.15, -0.1) is 0 Å². The minimum atomic E-state index is -1.26. The number of piperazine rings is 1. The Hall–Kier alpha value is -1.60. The predicted molar refractivity (Wildman–Crippen MR) is 79.3 cm³/mol. The number of nitrogens with zero attached hydrogens (tertiary/aromatic N) is 2. The average Bonchev–Trinajstić information content (AvgIpc) is 2.54. The fourth-order valence-corrected chi connectivity index (χ4v) is 2.81. The molecule has 1 aliphatic heterocycles. The van der Waals surface area contributed by atoms with Crippen molar-refractivity contribution in [3.05, 3.63) is 35.1 Å². The summed E-state index contributed by atoms with van der Waals surface area (Å²) in [6, 6.07) is 1.27. The fraction of sp³-hybridized carbons (Fsp3) is 0.562. The Bertz CT molecular complexity index is 557. The highest BCUT2D eigenvalue weighted by Crippen LogP contribution is 2.16. The lowest BCUT2D eigenvalue weighted by Crippen LogP contribution is -2.53. The van der Waals surface area contributed by atoms with Gasteiger partial charge < -0.3 is 10.0 Å². The largest absolute Gasteiger partial charge is 0.395 e. The van der Waals surface area contributed by atoms with Crippen molar-refractivity contribution in [2.75, 3.05) is 32.8 Å². The molecular formula is C16H21F3N2O2. The van der Waals surface area contributed by atoms with Gasteiger partial charge in [-0.25, -0.2) is 13.2 Å². The van der Waals surface area contributed by atoms with Gasteiger partial charge in [0.15, 0.2) is 11.6 Å². The number of carbonyl (C=O) groups excluding carboxylic acids is 1. The fourth-order valence-electron chi connectivity index (χ4n) is 2.81. The van der Waals surface area contributed by atoms with Crippen molar-refractivity contribution >= 4 is 5.91 Å². The van der Waals surface area contributed by atoms with E-state index < -0.39 is 17.5 Å². The second-order valence-electron chi connectivity index (χ2n) is 5.70. The first-order chi connectivity index (χ1) is 11.0. The summed E-state index contributed by atoms with van der Waals surface area (Å²) in [4.78, 5) is 15.9. The van der Waals surface area contributed by atoms with Gasteiger partial charge in [-0.3, -0.25) is 9.69 Å². The molecule has 23 heavy (non-hydrogen) atoms. The van der Waals surface area contributed by atoms with Crippen LogP contribution in [0.25, 0.3) is 0 Å². The zero-order chi connectivity index (χ0) is 17.0. The number of aliphatic hydroxyl groups excluding tert-OH is 1. The van der Waals surface area contributed by atoms with Gasteiger partial charge in [0.2, 0.25) is 5.91 Å². The van der Waals surface area contributed by atoms with Crippen LogP contribution in [-0.4, -0.2) is 59.6 Å². The van der Waals surface area contributed by atoms with Crippen LogP contribution in [0.15, 0.2) is 12.1 Å². The van der Waals surface area contributed by atoms with Crippen molar-refractivity contribution < 1.29 is 23.1 Å². The van der Waals surface area contributed by atoms with Crippen molar-refractivity contribution in [1.82, 2.24) is 9.80 Å². The molecule has 0 bridgehead atoms. The molecule has 0 aromatic heterocycles. The van der Waals surface area contributed by atoms with Crippen LogP contribution in [-0.2, 0) is 11.2 Å². The van der Waals surface area contributed by atoms with E-state index in [9.17, 15) is 23.1 Å². The summed E-state index contributed by atoms with van der Waals surface area (Å²) < 4.78 is 39.7. The summed E-state index contributed by atoms with van der Waals surface area (Å²) in [6.07, 6.45) is 0.532. The van der Waals surface area contributed by atoms with E-state index in [0.29, 0.717) is 32.2 Å². The van der Waals surface area contributed by atoms with Gasteiger partial charge in [-0.1, -0.05) is 6.92 Å². The molecular weight excluding hydrogens is 309 g/mol. The van der Waals surface area contributed by atoms with Gasteiger partial charge in [0, 0.05) is 43.9 Å². The van der Waals surface area contributed by atoms with Gasteiger partial charge in [-0.05, 0) is 12.5 Å². The quantitative estimate of drug-likeness (QED) is 0.834. The Labute approximate surface area is 133 Å². The van der Waals surface area contributed by atoms with Crippen molar-refractivity contribution in [3.63, 3.8) is 0 Å². The molecule has 1 aromatic carbocycles. The monoisotopic (exact) mass is 330 g/mol. The molecule has 0 spiro atoms. The van der Waals surface area contributed by atoms with Crippen LogP contribution in [0.4, 0.5) is 13.2 Å². The maximum Gasteiger partial charge on any atom is 0.227 e. The van der Waals surface area contributed by atoms with E-state index in [0.717, 1.165) is 12.5 Å². The maximum absolute atomic E-state index is 13.6. The van der Waals surface area contributed by atoms with Crippen LogP contribution < -0.4 is 0 Å². The number of rotatable bonds is 5. The Morgan fingerprint density at radius 2 is 1.74 bits per heavy atom. The maximum atomic E-state index is 13.6. The molecule has 0 aliphatic carbocycles. The Balaban J connectivity index is 1.94. The molecule has 1 saturated heterocycles. The summed E-state index contributed by atoms with van der Waals surface area (Å²) in [5.74, 6) is -3.65. The third-order valence-corrected chi connectivity index (χ3v) is 4.30. The topological polar surface area (TPSA) is 43.8 Å². The van der Waals surface area contributed by atoms with Crippen molar-refractivity contribution in [1.29, 1.82) is 0 Å². The minimum Gasteiger partial charge on any atom is -0.395 e. The summed E-state index contributed by atoms with van der Waals surface area (Å²) in [5.41, 5.74) is -0.141. The third kappa shape index (κ3) is 4.23. The van der Waals surface area contributed by atoms with E-state index >= 15 is 0 Å². The number of carbonyl (C=O) groups is 1. The highest BCUT2D eigenvalue weighted by molar-refractivity contribution is 5.79. The first-order valence-corrected chi connectivity index (χ1v) is 7.72. The number of hydrogen-bond acceptors (Lipinski definition) is 3. The minimum absolute atomic E-state index is 0.0739. The van der Waals surface area contributed by atoms with Crippen LogP contribution in [0.2, 0.25) is 0 Å². The molecule has 0 radical (unpaired) electrons. The van der Waals surface area contributed by atoms with Gasteiger partial charge in [0.25, 0.3) is 0 Å². The molecule has 7 heteroatoms. The second kappa shape index (κ2) is 7.79.